The fourth-order valence-electron chi connectivity index (χ4n) is 3.19. The maximum atomic E-state index is 5.39. The fourth-order valence-corrected chi connectivity index (χ4v) is 3.19. The molecule has 0 atom stereocenters. The number of nitrogens with zero attached hydrogens (tertiary/aromatic N) is 2. The molecular formula is C21H37IN4O3. The second-order valence-electron chi connectivity index (χ2n) is 6.79. The standard InChI is InChI=1S/C21H36N4O3.HI/c1-4-22-21(24-11-6-12-25-13-15-28-16-14-25)23-10-5-7-18-8-9-19(26-2)20(17-18)27-3;/h8-9,17H,4-7,10-16H2,1-3H3,(H2,22,23,24);1H. The van der Waals surface area contributed by atoms with Gasteiger partial charge in [-0.05, 0) is 50.4 Å². The van der Waals surface area contributed by atoms with Crippen LogP contribution in [0, 0.1) is 0 Å². The van der Waals surface area contributed by atoms with E-state index in [1.807, 2.05) is 12.1 Å². The molecule has 1 aliphatic heterocycles. The summed E-state index contributed by atoms with van der Waals surface area (Å²) in [6.07, 6.45) is 3.05. The monoisotopic (exact) mass is 520 g/mol. The normalized spacial score (nSPS) is 14.8. The lowest BCUT2D eigenvalue weighted by Gasteiger charge is -2.26. The van der Waals surface area contributed by atoms with Gasteiger partial charge in [-0.3, -0.25) is 9.89 Å². The summed E-state index contributed by atoms with van der Waals surface area (Å²) in [6.45, 7) is 9.59. The number of methoxy groups -OCH3 is 2. The Morgan fingerprint density at radius 3 is 2.55 bits per heavy atom. The lowest BCUT2D eigenvalue weighted by atomic mass is 10.1. The summed E-state index contributed by atoms with van der Waals surface area (Å²) in [5, 5.41) is 6.76. The van der Waals surface area contributed by atoms with Crippen LogP contribution in [0.25, 0.3) is 0 Å². The molecule has 2 N–H and O–H groups in total. The number of aryl methyl sites for hydroxylation is 1. The Kier molecular flexibility index (Phi) is 13.8. The van der Waals surface area contributed by atoms with Crippen molar-refractivity contribution in [3.63, 3.8) is 0 Å². The third-order valence-electron chi connectivity index (χ3n) is 4.73. The molecule has 0 spiro atoms. The van der Waals surface area contributed by atoms with Crippen molar-refractivity contribution in [1.29, 1.82) is 0 Å². The van der Waals surface area contributed by atoms with Crippen LogP contribution in [0.2, 0.25) is 0 Å². The first-order valence-corrected chi connectivity index (χ1v) is 10.3. The average molecular weight is 520 g/mol. The fraction of sp³-hybridized carbons (Fsp3) is 0.667. The first kappa shape index (κ1) is 25.8. The van der Waals surface area contributed by atoms with E-state index < -0.39 is 0 Å². The molecule has 1 heterocycles. The van der Waals surface area contributed by atoms with Gasteiger partial charge >= 0.3 is 0 Å². The quantitative estimate of drug-likeness (QED) is 0.202. The predicted molar refractivity (Wildman–Crippen MR) is 129 cm³/mol. The van der Waals surface area contributed by atoms with E-state index in [0.29, 0.717) is 0 Å². The van der Waals surface area contributed by atoms with Gasteiger partial charge in [-0.2, -0.15) is 0 Å². The summed E-state index contributed by atoms with van der Waals surface area (Å²) in [4.78, 5) is 7.15. The van der Waals surface area contributed by atoms with Crippen molar-refractivity contribution in [3.05, 3.63) is 23.8 Å². The third kappa shape index (κ3) is 9.86. The van der Waals surface area contributed by atoms with Crippen LogP contribution >= 0.6 is 24.0 Å². The lowest BCUT2D eigenvalue weighted by molar-refractivity contribution is 0.0376. The Bertz CT molecular complexity index is 595. The van der Waals surface area contributed by atoms with Crippen molar-refractivity contribution in [2.45, 2.75) is 26.2 Å². The van der Waals surface area contributed by atoms with Gasteiger partial charge in [-0.25, -0.2) is 0 Å². The third-order valence-corrected chi connectivity index (χ3v) is 4.73. The number of nitrogens with one attached hydrogen (secondary N) is 2. The predicted octanol–water partition coefficient (Wildman–Crippen LogP) is 2.53. The van der Waals surface area contributed by atoms with E-state index in [1.54, 1.807) is 14.2 Å². The van der Waals surface area contributed by atoms with Crippen LogP contribution < -0.4 is 20.1 Å². The zero-order valence-corrected chi connectivity index (χ0v) is 20.4. The van der Waals surface area contributed by atoms with Crippen LogP contribution in [-0.2, 0) is 11.2 Å². The molecule has 7 nitrogen and oxygen atoms in total. The van der Waals surface area contributed by atoms with Crippen LogP contribution in [0.4, 0.5) is 0 Å². The average Bonchev–Trinajstić information content (AvgIpc) is 2.74. The molecule has 8 heteroatoms. The maximum absolute atomic E-state index is 5.39. The first-order valence-electron chi connectivity index (χ1n) is 10.3. The van der Waals surface area contributed by atoms with Crippen molar-refractivity contribution >= 4 is 29.9 Å². The first-order chi connectivity index (χ1) is 13.8. The molecular weight excluding hydrogens is 483 g/mol. The Labute approximate surface area is 192 Å². The highest BCUT2D eigenvalue weighted by molar-refractivity contribution is 14.0. The number of morpholine rings is 1. The van der Waals surface area contributed by atoms with Gasteiger partial charge in [-0.15, -0.1) is 24.0 Å². The Hall–Kier alpha value is -1.26. The number of halogens is 1. The van der Waals surface area contributed by atoms with E-state index in [4.69, 9.17) is 19.2 Å². The maximum Gasteiger partial charge on any atom is 0.191 e. The van der Waals surface area contributed by atoms with Gasteiger partial charge in [0.15, 0.2) is 17.5 Å². The largest absolute Gasteiger partial charge is 0.493 e. The molecule has 1 fully saturated rings. The molecule has 0 aliphatic carbocycles. The topological polar surface area (TPSA) is 67.4 Å². The SMILES string of the molecule is CCNC(=NCCCc1ccc(OC)c(OC)c1)NCCCN1CCOCC1.I. The van der Waals surface area contributed by atoms with Gasteiger partial charge in [0.1, 0.15) is 0 Å². The van der Waals surface area contributed by atoms with Crippen LogP contribution in [0.15, 0.2) is 23.2 Å². The second-order valence-corrected chi connectivity index (χ2v) is 6.79. The Balaban J connectivity index is 0.00000420. The number of ether oxygens (including phenoxy) is 3. The molecule has 1 aromatic carbocycles. The van der Waals surface area contributed by atoms with Crippen molar-refractivity contribution < 1.29 is 14.2 Å². The van der Waals surface area contributed by atoms with Gasteiger partial charge in [-0.1, -0.05) is 6.07 Å². The summed E-state index contributed by atoms with van der Waals surface area (Å²) in [5.41, 5.74) is 1.23. The van der Waals surface area contributed by atoms with Crippen molar-refractivity contribution in [1.82, 2.24) is 15.5 Å². The van der Waals surface area contributed by atoms with Crippen LogP contribution in [-0.4, -0.2) is 77.6 Å². The van der Waals surface area contributed by atoms with E-state index >= 15 is 0 Å². The van der Waals surface area contributed by atoms with Gasteiger partial charge in [0.2, 0.25) is 0 Å². The minimum absolute atomic E-state index is 0. The Morgan fingerprint density at radius 1 is 1.10 bits per heavy atom. The van der Waals surface area contributed by atoms with E-state index in [9.17, 15) is 0 Å². The minimum Gasteiger partial charge on any atom is -0.493 e. The zero-order chi connectivity index (χ0) is 20.0. The molecule has 29 heavy (non-hydrogen) atoms. The van der Waals surface area contributed by atoms with E-state index in [2.05, 4.69) is 28.5 Å². The number of benzene rings is 1. The highest BCUT2D eigenvalue weighted by Crippen LogP contribution is 2.27. The van der Waals surface area contributed by atoms with Crippen LogP contribution in [0.5, 0.6) is 11.5 Å². The van der Waals surface area contributed by atoms with Gasteiger partial charge in [0, 0.05) is 32.7 Å². The highest BCUT2D eigenvalue weighted by Gasteiger charge is 2.09. The molecule has 0 unspecified atom stereocenters. The number of aliphatic imine (C=N–C) groups is 1. The van der Waals surface area contributed by atoms with Crippen LogP contribution in [0.3, 0.4) is 0 Å². The highest BCUT2D eigenvalue weighted by atomic mass is 127. The molecule has 0 saturated carbocycles. The zero-order valence-electron chi connectivity index (χ0n) is 18.0. The van der Waals surface area contributed by atoms with E-state index in [0.717, 1.165) is 89.2 Å². The van der Waals surface area contributed by atoms with Gasteiger partial charge in [0.25, 0.3) is 0 Å². The molecule has 166 valence electrons. The second kappa shape index (κ2) is 15.6. The number of hydrogen-bond donors (Lipinski definition) is 2. The molecule has 1 aromatic rings. The van der Waals surface area contributed by atoms with Crippen molar-refractivity contribution in [2.75, 3.05) is 66.7 Å². The lowest BCUT2D eigenvalue weighted by Crippen LogP contribution is -2.40. The van der Waals surface area contributed by atoms with Crippen LogP contribution in [0.1, 0.15) is 25.3 Å². The summed E-state index contributed by atoms with van der Waals surface area (Å²) in [6, 6.07) is 6.08. The molecule has 0 radical (unpaired) electrons. The smallest absolute Gasteiger partial charge is 0.191 e. The summed E-state index contributed by atoms with van der Waals surface area (Å²) in [5.74, 6) is 2.44. The van der Waals surface area contributed by atoms with E-state index in [-0.39, 0.29) is 24.0 Å². The summed E-state index contributed by atoms with van der Waals surface area (Å²) < 4.78 is 16.0. The minimum atomic E-state index is 0. The molecule has 1 aliphatic rings. The summed E-state index contributed by atoms with van der Waals surface area (Å²) in [7, 11) is 3.32. The molecule has 1 saturated heterocycles. The number of guanidine groups is 1. The summed E-state index contributed by atoms with van der Waals surface area (Å²) >= 11 is 0. The van der Waals surface area contributed by atoms with Crippen molar-refractivity contribution in [3.8, 4) is 11.5 Å². The molecule has 2 rings (SSSR count). The number of rotatable bonds is 11. The van der Waals surface area contributed by atoms with Gasteiger partial charge in [0.05, 0.1) is 27.4 Å². The molecule has 0 amide bonds. The number of hydrogen-bond acceptors (Lipinski definition) is 5. The van der Waals surface area contributed by atoms with Gasteiger partial charge < -0.3 is 24.8 Å². The van der Waals surface area contributed by atoms with E-state index in [1.165, 1.54) is 5.56 Å². The molecule has 0 aromatic heterocycles. The van der Waals surface area contributed by atoms with Crippen molar-refractivity contribution in [2.24, 2.45) is 4.99 Å². The molecule has 0 bridgehead atoms. The Morgan fingerprint density at radius 2 is 1.86 bits per heavy atom.